The quantitative estimate of drug-likeness (QED) is 0.599. The summed E-state index contributed by atoms with van der Waals surface area (Å²) in [5.41, 5.74) is 0. The van der Waals surface area contributed by atoms with Crippen molar-refractivity contribution in [1.29, 1.82) is 0 Å². The molecular weight excluding hydrogens is 166 g/mol. The molecule has 0 saturated carbocycles. The van der Waals surface area contributed by atoms with Gasteiger partial charge in [-0.1, -0.05) is 20.3 Å². The molecule has 80 valence electrons. The topological polar surface area (TPSA) is 41.5 Å². The zero-order valence-electron chi connectivity index (χ0n) is 9.05. The van der Waals surface area contributed by atoms with Crippen molar-refractivity contribution in [3.63, 3.8) is 0 Å². The van der Waals surface area contributed by atoms with Gasteiger partial charge in [-0.15, -0.1) is 0 Å². The van der Waals surface area contributed by atoms with Crippen molar-refractivity contribution in [1.82, 2.24) is 5.32 Å². The molecule has 0 aromatic carbocycles. The van der Waals surface area contributed by atoms with Crippen LogP contribution in [-0.4, -0.2) is 38.0 Å². The third-order valence-corrected chi connectivity index (χ3v) is 2.12. The Hall–Kier alpha value is -0.120. The minimum Gasteiger partial charge on any atom is -0.395 e. The van der Waals surface area contributed by atoms with Crippen molar-refractivity contribution in [3.8, 4) is 0 Å². The van der Waals surface area contributed by atoms with Gasteiger partial charge in [0.15, 0.2) is 0 Å². The van der Waals surface area contributed by atoms with Crippen LogP contribution in [0.2, 0.25) is 0 Å². The highest BCUT2D eigenvalue weighted by atomic mass is 16.5. The maximum absolute atomic E-state index is 8.96. The van der Waals surface area contributed by atoms with Gasteiger partial charge in [-0.25, -0.2) is 0 Å². The summed E-state index contributed by atoms with van der Waals surface area (Å²) in [6, 6.07) is 0.0873. The third-order valence-electron chi connectivity index (χ3n) is 2.12. The highest BCUT2D eigenvalue weighted by molar-refractivity contribution is 4.66. The first-order valence-electron chi connectivity index (χ1n) is 5.07. The Kier molecular flexibility index (Phi) is 8.40. The van der Waals surface area contributed by atoms with E-state index in [2.05, 4.69) is 19.2 Å². The second kappa shape index (κ2) is 8.48. The zero-order valence-corrected chi connectivity index (χ0v) is 9.05. The molecule has 0 amide bonds. The Bertz CT molecular complexity index is 109. The molecule has 0 aliphatic carbocycles. The molecule has 13 heavy (non-hydrogen) atoms. The van der Waals surface area contributed by atoms with Crippen LogP contribution >= 0.6 is 0 Å². The smallest absolute Gasteiger partial charge is 0.0638 e. The first kappa shape index (κ1) is 12.9. The van der Waals surface area contributed by atoms with Gasteiger partial charge in [0, 0.05) is 7.11 Å². The molecule has 0 bridgehead atoms. The van der Waals surface area contributed by atoms with E-state index in [9.17, 15) is 0 Å². The lowest BCUT2D eigenvalue weighted by molar-refractivity contribution is 0.126. The van der Waals surface area contributed by atoms with Crippen molar-refractivity contribution in [2.75, 3.05) is 26.9 Å². The molecule has 0 spiro atoms. The van der Waals surface area contributed by atoms with E-state index in [0.29, 0.717) is 12.5 Å². The molecule has 0 aromatic heterocycles. The normalized spacial score (nSPS) is 15.7. The van der Waals surface area contributed by atoms with Crippen molar-refractivity contribution < 1.29 is 9.84 Å². The van der Waals surface area contributed by atoms with Crippen molar-refractivity contribution in [2.24, 2.45) is 5.92 Å². The number of rotatable bonds is 8. The maximum Gasteiger partial charge on any atom is 0.0638 e. The molecule has 0 fully saturated rings. The first-order chi connectivity index (χ1) is 6.24. The van der Waals surface area contributed by atoms with Gasteiger partial charge in [0.2, 0.25) is 0 Å². The fraction of sp³-hybridized carbons (Fsp3) is 1.00. The van der Waals surface area contributed by atoms with E-state index in [-0.39, 0.29) is 12.6 Å². The van der Waals surface area contributed by atoms with Crippen molar-refractivity contribution in [3.05, 3.63) is 0 Å². The average Bonchev–Trinajstić information content (AvgIpc) is 2.12. The molecule has 0 heterocycles. The number of nitrogens with one attached hydrogen (secondary N) is 1. The van der Waals surface area contributed by atoms with E-state index in [0.717, 1.165) is 6.54 Å². The predicted octanol–water partition coefficient (Wildman–Crippen LogP) is 1.02. The Morgan fingerprint density at radius 1 is 1.46 bits per heavy atom. The highest BCUT2D eigenvalue weighted by Gasteiger charge is 2.07. The summed E-state index contributed by atoms with van der Waals surface area (Å²) >= 11 is 0. The molecule has 0 saturated heterocycles. The standard InChI is InChI=1S/C10H23NO2/c1-4-5-9(2)6-11-10(7-12)8-13-3/h9-12H,4-8H2,1-3H3. The molecule has 2 unspecified atom stereocenters. The largest absolute Gasteiger partial charge is 0.395 e. The monoisotopic (exact) mass is 189 g/mol. The highest BCUT2D eigenvalue weighted by Crippen LogP contribution is 2.03. The van der Waals surface area contributed by atoms with Crippen LogP contribution in [0, 0.1) is 5.92 Å². The summed E-state index contributed by atoms with van der Waals surface area (Å²) in [6.07, 6.45) is 2.45. The van der Waals surface area contributed by atoms with E-state index < -0.39 is 0 Å². The molecule has 0 aliphatic rings. The molecule has 3 heteroatoms. The van der Waals surface area contributed by atoms with Crippen LogP contribution in [0.4, 0.5) is 0 Å². The summed E-state index contributed by atoms with van der Waals surface area (Å²) in [7, 11) is 1.65. The average molecular weight is 189 g/mol. The number of aliphatic hydroxyl groups is 1. The fourth-order valence-corrected chi connectivity index (χ4v) is 1.34. The van der Waals surface area contributed by atoms with E-state index in [4.69, 9.17) is 9.84 Å². The van der Waals surface area contributed by atoms with Gasteiger partial charge in [-0.2, -0.15) is 0 Å². The van der Waals surface area contributed by atoms with Crippen LogP contribution in [0.5, 0.6) is 0 Å². The van der Waals surface area contributed by atoms with Gasteiger partial charge in [-0.3, -0.25) is 0 Å². The molecule has 0 rings (SSSR count). The molecule has 0 aromatic rings. The zero-order chi connectivity index (χ0) is 10.1. The Balaban J connectivity index is 3.46. The summed E-state index contributed by atoms with van der Waals surface area (Å²) in [5.74, 6) is 0.677. The second-order valence-electron chi connectivity index (χ2n) is 3.64. The number of aliphatic hydroxyl groups excluding tert-OH is 1. The summed E-state index contributed by atoms with van der Waals surface area (Å²) in [6.45, 7) is 6.09. The summed E-state index contributed by atoms with van der Waals surface area (Å²) in [4.78, 5) is 0. The summed E-state index contributed by atoms with van der Waals surface area (Å²) in [5, 5.41) is 12.2. The molecule has 2 atom stereocenters. The number of hydrogen-bond acceptors (Lipinski definition) is 3. The van der Waals surface area contributed by atoms with Crippen molar-refractivity contribution in [2.45, 2.75) is 32.7 Å². The van der Waals surface area contributed by atoms with Gasteiger partial charge in [0.1, 0.15) is 0 Å². The van der Waals surface area contributed by atoms with Gasteiger partial charge in [0.05, 0.1) is 19.3 Å². The number of ether oxygens (including phenoxy) is 1. The van der Waals surface area contributed by atoms with E-state index in [1.807, 2.05) is 0 Å². The summed E-state index contributed by atoms with van der Waals surface area (Å²) < 4.78 is 4.96. The van der Waals surface area contributed by atoms with Gasteiger partial charge < -0.3 is 15.2 Å². The van der Waals surface area contributed by atoms with Crippen LogP contribution in [0.25, 0.3) is 0 Å². The van der Waals surface area contributed by atoms with Gasteiger partial charge in [0.25, 0.3) is 0 Å². The molecule has 2 N–H and O–H groups in total. The molecule has 0 aliphatic heterocycles. The fourth-order valence-electron chi connectivity index (χ4n) is 1.34. The maximum atomic E-state index is 8.96. The second-order valence-corrected chi connectivity index (χ2v) is 3.64. The van der Waals surface area contributed by atoms with Crippen molar-refractivity contribution >= 4 is 0 Å². The minimum atomic E-state index is 0.0873. The number of hydrogen-bond donors (Lipinski definition) is 2. The molecule has 3 nitrogen and oxygen atoms in total. The van der Waals surface area contributed by atoms with Crippen LogP contribution in [0.1, 0.15) is 26.7 Å². The van der Waals surface area contributed by atoms with Crippen LogP contribution in [0.15, 0.2) is 0 Å². The lowest BCUT2D eigenvalue weighted by atomic mass is 10.1. The number of methoxy groups -OCH3 is 1. The van der Waals surface area contributed by atoms with Crippen LogP contribution in [0.3, 0.4) is 0 Å². The lowest BCUT2D eigenvalue weighted by Gasteiger charge is -2.18. The SMILES string of the molecule is CCCC(C)CNC(CO)COC. The van der Waals surface area contributed by atoms with Crippen LogP contribution in [-0.2, 0) is 4.74 Å². The first-order valence-corrected chi connectivity index (χ1v) is 5.07. The Labute approximate surface area is 81.5 Å². The van der Waals surface area contributed by atoms with Crippen LogP contribution < -0.4 is 5.32 Å². The Morgan fingerprint density at radius 3 is 2.62 bits per heavy atom. The third kappa shape index (κ3) is 6.99. The van der Waals surface area contributed by atoms with Gasteiger partial charge >= 0.3 is 0 Å². The van der Waals surface area contributed by atoms with Gasteiger partial charge in [-0.05, 0) is 18.9 Å². The van der Waals surface area contributed by atoms with E-state index in [1.165, 1.54) is 12.8 Å². The lowest BCUT2D eigenvalue weighted by Crippen LogP contribution is -2.38. The Morgan fingerprint density at radius 2 is 2.15 bits per heavy atom. The predicted molar refractivity (Wildman–Crippen MR) is 54.8 cm³/mol. The molecular formula is C10H23NO2. The minimum absolute atomic E-state index is 0.0873. The van der Waals surface area contributed by atoms with E-state index >= 15 is 0 Å². The van der Waals surface area contributed by atoms with E-state index in [1.54, 1.807) is 7.11 Å². The molecule has 0 radical (unpaired) electrons.